The Bertz CT molecular complexity index is 1390. The Morgan fingerprint density at radius 3 is 2.39 bits per heavy atom. The maximum atomic E-state index is 13.5. The second kappa shape index (κ2) is 12.4. The Morgan fingerprint density at radius 1 is 1.02 bits per heavy atom. The standard InChI is InChI=1S/C27H24F6N4O3S/c1-39-22-13-17(14-23-24(38)35-25(41-23)37-11-9-36(10-12-37)8-2-7-34)3-6-21(22)40-16-18-4-5-19(26(28,29)30)15-20(18)27(31,32)33/h3-6,13-15H,2,8-12,16H2,1H3/b23-14-. The van der Waals surface area contributed by atoms with Crippen LogP contribution in [0.1, 0.15) is 28.7 Å². The molecule has 2 aliphatic rings. The number of nitrogens with zero attached hydrogens (tertiary/aromatic N) is 4. The highest BCUT2D eigenvalue weighted by Crippen LogP contribution is 2.39. The molecule has 4 rings (SSSR count). The minimum Gasteiger partial charge on any atom is -0.493 e. The van der Waals surface area contributed by atoms with E-state index >= 15 is 0 Å². The van der Waals surface area contributed by atoms with E-state index in [0.29, 0.717) is 47.8 Å². The lowest BCUT2D eigenvalue weighted by molar-refractivity contribution is -0.143. The van der Waals surface area contributed by atoms with Crippen molar-refractivity contribution in [2.75, 3.05) is 39.8 Å². The zero-order valence-corrected chi connectivity index (χ0v) is 22.5. The molecule has 0 N–H and O–H groups in total. The highest BCUT2D eigenvalue weighted by atomic mass is 32.2. The zero-order valence-electron chi connectivity index (χ0n) is 21.7. The molecule has 2 aliphatic heterocycles. The van der Waals surface area contributed by atoms with Crippen molar-refractivity contribution in [1.82, 2.24) is 9.80 Å². The molecule has 2 heterocycles. The van der Waals surface area contributed by atoms with Crippen LogP contribution >= 0.6 is 11.8 Å². The summed E-state index contributed by atoms with van der Waals surface area (Å²) >= 11 is 1.23. The van der Waals surface area contributed by atoms with Crippen LogP contribution in [-0.4, -0.2) is 60.7 Å². The van der Waals surface area contributed by atoms with Gasteiger partial charge < -0.3 is 14.4 Å². The van der Waals surface area contributed by atoms with E-state index in [2.05, 4.69) is 16.0 Å². The number of alkyl halides is 6. The number of nitriles is 1. The summed E-state index contributed by atoms with van der Waals surface area (Å²) in [5.74, 6) is -0.178. The van der Waals surface area contributed by atoms with Crippen LogP contribution in [0.15, 0.2) is 46.3 Å². The van der Waals surface area contributed by atoms with Crippen LogP contribution in [0.4, 0.5) is 26.3 Å². The molecule has 1 amide bonds. The minimum absolute atomic E-state index is 0.0620. The summed E-state index contributed by atoms with van der Waals surface area (Å²) in [6.45, 7) is 2.90. The fraction of sp³-hybridized carbons (Fsp3) is 0.370. The normalized spacial score (nSPS) is 17.5. The summed E-state index contributed by atoms with van der Waals surface area (Å²) in [4.78, 5) is 21.3. The highest BCUT2D eigenvalue weighted by molar-refractivity contribution is 8.18. The van der Waals surface area contributed by atoms with Crippen molar-refractivity contribution in [2.24, 2.45) is 4.99 Å². The second-order valence-electron chi connectivity index (χ2n) is 9.11. The third-order valence-corrected chi connectivity index (χ3v) is 7.45. The molecule has 1 fully saturated rings. The number of amidine groups is 1. The van der Waals surface area contributed by atoms with Crippen LogP contribution in [0.25, 0.3) is 6.08 Å². The molecule has 1 saturated heterocycles. The fourth-order valence-corrected chi connectivity index (χ4v) is 5.21. The largest absolute Gasteiger partial charge is 0.493 e. The first-order valence-corrected chi connectivity index (χ1v) is 13.2. The van der Waals surface area contributed by atoms with E-state index in [1.54, 1.807) is 12.1 Å². The Kier molecular flexibility index (Phi) is 9.18. The number of halogens is 6. The molecule has 218 valence electrons. The quantitative estimate of drug-likeness (QED) is 0.294. The van der Waals surface area contributed by atoms with E-state index in [9.17, 15) is 31.1 Å². The monoisotopic (exact) mass is 598 g/mol. The van der Waals surface area contributed by atoms with Crippen molar-refractivity contribution < 1.29 is 40.6 Å². The van der Waals surface area contributed by atoms with Gasteiger partial charge in [-0.25, -0.2) is 0 Å². The third kappa shape index (κ3) is 7.53. The van der Waals surface area contributed by atoms with Gasteiger partial charge in [0, 0.05) is 44.7 Å². The molecule has 2 aromatic carbocycles. The van der Waals surface area contributed by atoms with Crippen LogP contribution in [0.2, 0.25) is 0 Å². The number of hydrogen-bond donors (Lipinski definition) is 0. The summed E-state index contributed by atoms with van der Waals surface area (Å²) in [6, 6.07) is 8.04. The Labute approximate surface area is 236 Å². The lowest BCUT2D eigenvalue weighted by atomic mass is 10.0. The molecule has 41 heavy (non-hydrogen) atoms. The lowest BCUT2D eigenvalue weighted by Crippen LogP contribution is -2.47. The molecular formula is C27H24F6N4O3S. The maximum Gasteiger partial charge on any atom is 0.416 e. The average molecular weight is 599 g/mol. The van der Waals surface area contributed by atoms with E-state index in [1.165, 1.54) is 31.0 Å². The van der Waals surface area contributed by atoms with E-state index in [0.717, 1.165) is 19.2 Å². The van der Waals surface area contributed by atoms with Crippen molar-refractivity contribution in [1.29, 1.82) is 5.26 Å². The molecule has 0 unspecified atom stereocenters. The zero-order chi connectivity index (χ0) is 29.8. The van der Waals surface area contributed by atoms with Crippen molar-refractivity contribution in [3.8, 4) is 17.6 Å². The van der Waals surface area contributed by atoms with Crippen LogP contribution < -0.4 is 9.47 Å². The number of carbonyl (C=O) groups excluding carboxylic acids is 1. The molecule has 0 spiro atoms. The molecular weight excluding hydrogens is 574 g/mol. The second-order valence-corrected chi connectivity index (χ2v) is 10.1. The van der Waals surface area contributed by atoms with Crippen LogP contribution in [0.3, 0.4) is 0 Å². The number of thioether (sulfide) groups is 1. The Balaban J connectivity index is 1.44. The van der Waals surface area contributed by atoms with Gasteiger partial charge in [0.1, 0.15) is 6.61 Å². The smallest absolute Gasteiger partial charge is 0.416 e. The molecule has 0 saturated carbocycles. The summed E-state index contributed by atoms with van der Waals surface area (Å²) < 4.78 is 90.1. The number of ether oxygens (including phenoxy) is 2. The van der Waals surface area contributed by atoms with Gasteiger partial charge in [-0.05, 0) is 47.7 Å². The van der Waals surface area contributed by atoms with Crippen LogP contribution in [-0.2, 0) is 23.8 Å². The molecule has 14 heteroatoms. The van der Waals surface area contributed by atoms with Crippen LogP contribution in [0.5, 0.6) is 11.5 Å². The molecule has 7 nitrogen and oxygen atoms in total. The predicted octanol–water partition coefficient (Wildman–Crippen LogP) is 5.81. The number of amides is 1. The summed E-state index contributed by atoms with van der Waals surface area (Å²) in [5, 5.41) is 9.34. The van der Waals surface area contributed by atoms with E-state index in [1.807, 2.05) is 4.90 Å². The first-order valence-electron chi connectivity index (χ1n) is 12.3. The Morgan fingerprint density at radius 2 is 1.76 bits per heavy atom. The fourth-order valence-electron chi connectivity index (χ4n) is 4.25. The number of methoxy groups -OCH3 is 1. The summed E-state index contributed by atoms with van der Waals surface area (Å²) in [6.07, 6.45) is -7.88. The van der Waals surface area contributed by atoms with E-state index in [4.69, 9.17) is 14.7 Å². The van der Waals surface area contributed by atoms with Gasteiger partial charge in [-0.2, -0.15) is 36.6 Å². The number of carbonyl (C=O) groups is 1. The lowest BCUT2D eigenvalue weighted by Gasteiger charge is -2.34. The summed E-state index contributed by atoms with van der Waals surface area (Å²) in [7, 11) is 1.32. The van der Waals surface area contributed by atoms with Crippen molar-refractivity contribution in [3.63, 3.8) is 0 Å². The van der Waals surface area contributed by atoms with E-state index < -0.39 is 41.6 Å². The summed E-state index contributed by atoms with van der Waals surface area (Å²) in [5.41, 5.74) is -2.77. The SMILES string of the molecule is COc1cc(/C=C2\SC(N3CCN(CCC#N)CC3)=NC2=O)ccc1OCc1ccc(C(F)(F)F)cc1C(F)(F)F. The minimum atomic E-state index is -5.02. The first-order chi connectivity index (χ1) is 19.4. The maximum absolute atomic E-state index is 13.5. The van der Waals surface area contributed by atoms with Gasteiger partial charge in [0.15, 0.2) is 16.7 Å². The Hall–Kier alpha value is -3.70. The number of aliphatic imine (C=N–C) groups is 1. The van der Waals surface area contributed by atoms with Gasteiger partial charge in [-0.1, -0.05) is 12.1 Å². The number of piperazine rings is 1. The van der Waals surface area contributed by atoms with Crippen molar-refractivity contribution in [2.45, 2.75) is 25.4 Å². The molecule has 2 aromatic rings. The predicted molar refractivity (Wildman–Crippen MR) is 140 cm³/mol. The van der Waals surface area contributed by atoms with Gasteiger partial charge in [-0.3, -0.25) is 9.69 Å². The molecule has 0 atom stereocenters. The number of hydrogen-bond acceptors (Lipinski definition) is 7. The van der Waals surface area contributed by atoms with Crippen LogP contribution in [0, 0.1) is 11.3 Å². The third-order valence-electron chi connectivity index (χ3n) is 6.40. The molecule has 0 aromatic heterocycles. The highest BCUT2D eigenvalue weighted by Gasteiger charge is 2.38. The number of benzene rings is 2. The topological polar surface area (TPSA) is 78.2 Å². The average Bonchev–Trinajstić information content (AvgIpc) is 3.29. The van der Waals surface area contributed by atoms with Gasteiger partial charge in [-0.15, -0.1) is 0 Å². The van der Waals surface area contributed by atoms with Gasteiger partial charge in [0.2, 0.25) is 0 Å². The first kappa shape index (κ1) is 30.3. The van der Waals surface area contributed by atoms with Gasteiger partial charge >= 0.3 is 12.4 Å². The number of rotatable bonds is 7. The van der Waals surface area contributed by atoms with E-state index in [-0.39, 0.29) is 17.6 Å². The van der Waals surface area contributed by atoms with Gasteiger partial charge in [0.05, 0.1) is 29.2 Å². The van der Waals surface area contributed by atoms with Gasteiger partial charge in [0.25, 0.3) is 5.91 Å². The van der Waals surface area contributed by atoms with Crippen molar-refractivity contribution >= 4 is 28.9 Å². The molecule has 0 radical (unpaired) electrons. The van der Waals surface area contributed by atoms with Crippen molar-refractivity contribution in [3.05, 3.63) is 63.6 Å². The molecule has 0 aliphatic carbocycles. The molecule has 0 bridgehead atoms.